The Hall–Kier alpha value is -1.38. The van der Waals surface area contributed by atoms with Crippen molar-refractivity contribution in [3.8, 4) is 0 Å². The van der Waals surface area contributed by atoms with Crippen LogP contribution in [-0.2, 0) is 0 Å². The lowest BCUT2D eigenvalue weighted by Gasteiger charge is -2.31. The molecule has 0 bridgehead atoms. The summed E-state index contributed by atoms with van der Waals surface area (Å²) in [6, 6.07) is 6.00. The van der Waals surface area contributed by atoms with Crippen molar-refractivity contribution in [2.45, 2.75) is 79.1 Å². The maximum atomic E-state index is 13.2. The van der Waals surface area contributed by atoms with Crippen molar-refractivity contribution in [1.29, 1.82) is 0 Å². The van der Waals surface area contributed by atoms with Crippen molar-refractivity contribution >= 4 is 5.91 Å². The first-order valence-corrected chi connectivity index (χ1v) is 10.6. The van der Waals surface area contributed by atoms with Crippen LogP contribution in [0.15, 0.2) is 24.3 Å². The molecule has 1 aromatic carbocycles. The van der Waals surface area contributed by atoms with Crippen LogP contribution in [0.2, 0.25) is 0 Å². The summed E-state index contributed by atoms with van der Waals surface area (Å²) in [5.41, 5.74) is 0.599. The van der Waals surface area contributed by atoms with Gasteiger partial charge in [-0.1, -0.05) is 66.2 Å². The van der Waals surface area contributed by atoms with Crippen molar-refractivity contribution < 1.29 is 9.18 Å². The van der Waals surface area contributed by atoms with Gasteiger partial charge in [-0.25, -0.2) is 4.39 Å². The van der Waals surface area contributed by atoms with Crippen LogP contribution in [0, 0.1) is 17.7 Å². The Bertz CT molecular complexity index is 481. The fourth-order valence-electron chi connectivity index (χ4n) is 3.47. The van der Waals surface area contributed by atoms with Crippen molar-refractivity contribution in [2.75, 3.05) is 13.1 Å². The minimum atomic E-state index is -0.295. The molecule has 0 aliphatic heterocycles. The Morgan fingerprint density at radius 3 is 1.73 bits per heavy atom. The van der Waals surface area contributed by atoms with E-state index in [0.717, 1.165) is 25.9 Å². The van der Waals surface area contributed by atoms with Gasteiger partial charge in [0.15, 0.2) is 0 Å². The molecule has 26 heavy (non-hydrogen) atoms. The molecule has 0 fully saturated rings. The van der Waals surface area contributed by atoms with E-state index in [-0.39, 0.29) is 11.7 Å². The lowest BCUT2D eigenvalue weighted by molar-refractivity contribution is 0.0685. The highest BCUT2D eigenvalue weighted by atomic mass is 19.1. The Labute approximate surface area is 160 Å². The zero-order valence-electron chi connectivity index (χ0n) is 17.3. The number of carbonyl (C=O) groups is 1. The molecule has 0 aliphatic carbocycles. The molecule has 148 valence electrons. The molecular formula is C23H38FNO. The van der Waals surface area contributed by atoms with E-state index in [4.69, 9.17) is 0 Å². The van der Waals surface area contributed by atoms with Crippen LogP contribution in [0.3, 0.4) is 0 Å². The number of halogens is 1. The molecule has 3 heteroatoms. The van der Waals surface area contributed by atoms with Gasteiger partial charge in [-0.05, 0) is 48.9 Å². The van der Waals surface area contributed by atoms with E-state index in [1.807, 2.05) is 4.90 Å². The first kappa shape index (κ1) is 22.7. The molecule has 0 heterocycles. The largest absolute Gasteiger partial charge is 0.338 e. The standard InChI is InChI=1S/C23H38FNO/c1-5-9-11-19(7-3)17-25(18-20(8-4)12-10-6-2)23(26)21-13-15-22(24)16-14-21/h13-16,19-20H,5-12,17-18H2,1-4H3. The SMILES string of the molecule is CCCCC(CC)CN(CC(CC)CCCC)C(=O)c1ccc(F)cc1. The number of carbonyl (C=O) groups excluding carboxylic acids is 1. The summed E-state index contributed by atoms with van der Waals surface area (Å²) in [6.45, 7) is 10.5. The number of hydrogen-bond donors (Lipinski definition) is 0. The molecule has 0 radical (unpaired) electrons. The second kappa shape index (κ2) is 12.9. The topological polar surface area (TPSA) is 20.3 Å². The lowest BCUT2D eigenvalue weighted by atomic mass is 9.95. The van der Waals surface area contributed by atoms with Crippen molar-refractivity contribution in [3.05, 3.63) is 35.6 Å². The molecule has 2 unspecified atom stereocenters. The predicted octanol–water partition coefficient (Wildman–Crippen LogP) is 6.70. The van der Waals surface area contributed by atoms with Gasteiger partial charge >= 0.3 is 0 Å². The monoisotopic (exact) mass is 363 g/mol. The van der Waals surface area contributed by atoms with Gasteiger partial charge in [0.05, 0.1) is 0 Å². The third-order valence-electron chi connectivity index (χ3n) is 5.42. The molecule has 1 rings (SSSR count). The molecule has 1 amide bonds. The van der Waals surface area contributed by atoms with Crippen LogP contribution in [0.4, 0.5) is 4.39 Å². The van der Waals surface area contributed by atoms with Crippen LogP contribution in [0.1, 0.15) is 89.4 Å². The number of hydrogen-bond acceptors (Lipinski definition) is 1. The number of rotatable bonds is 13. The fourth-order valence-corrected chi connectivity index (χ4v) is 3.47. The average molecular weight is 364 g/mol. The van der Waals surface area contributed by atoms with Gasteiger partial charge in [-0.3, -0.25) is 4.79 Å². The van der Waals surface area contributed by atoms with Crippen molar-refractivity contribution in [3.63, 3.8) is 0 Å². The first-order valence-electron chi connectivity index (χ1n) is 10.6. The predicted molar refractivity (Wildman–Crippen MR) is 109 cm³/mol. The third-order valence-corrected chi connectivity index (χ3v) is 5.42. The average Bonchev–Trinajstić information content (AvgIpc) is 2.66. The van der Waals surface area contributed by atoms with E-state index < -0.39 is 0 Å². The van der Waals surface area contributed by atoms with Gasteiger partial charge in [-0.15, -0.1) is 0 Å². The van der Waals surface area contributed by atoms with Crippen LogP contribution < -0.4 is 0 Å². The highest BCUT2D eigenvalue weighted by Crippen LogP contribution is 2.21. The van der Waals surface area contributed by atoms with Gasteiger partial charge in [0.2, 0.25) is 0 Å². The van der Waals surface area contributed by atoms with Crippen LogP contribution in [-0.4, -0.2) is 23.9 Å². The normalized spacial score (nSPS) is 13.4. The van der Waals surface area contributed by atoms with E-state index in [9.17, 15) is 9.18 Å². The maximum Gasteiger partial charge on any atom is 0.253 e. The highest BCUT2D eigenvalue weighted by Gasteiger charge is 2.22. The molecule has 0 saturated heterocycles. The third kappa shape index (κ3) is 7.88. The maximum absolute atomic E-state index is 13.2. The van der Waals surface area contributed by atoms with E-state index in [1.165, 1.54) is 50.7 Å². The summed E-state index contributed by atoms with van der Waals surface area (Å²) < 4.78 is 13.2. The summed E-state index contributed by atoms with van der Waals surface area (Å²) in [7, 11) is 0. The smallest absolute Gasteiger partial charge is 0.253 e. The molecular weight excluding hydrogens is 325 g/mol. The van der Waals surface area contributed by atoms with E-state index in [0.29, 0.717) is 17.4 Å². The summed E-state index contributed by atoms with van der Waals surface area (Å²) >= 11 is 0. The molecule has 0 aliphatic rings. The van der Waals surface area contributed by atoms with E-state index in [1.54, 1.807) is 12.1 Å². The molecule has 1 aromatic rings. The molecule has 0 N–H and O–H groups in total. The Balaban J connectivity index is 2.91. The van der Waals surface area contributed by atoms with Gasteiger partial charge in [0.1, 0.15) is 5.82 Å². The number of amides is 1. The van der Waals surface area contributed by atoms with E-state index in [2.05, 4.69) is 27.7 Å². The minimum Gasteiger partial charge on any atom is -0.338 e. The lowest BCUT2D eigenvalue weighted by Crippen LogP contribution is -2.39. The van der Waals surface area contributed by atoms with Gasteiger partial charge in [-0.2, -0.15) is 0 Å². The molecule has 2 atom stereocenters. The molecule has 2 nitrogen and oxygen atoms in total. The quantitative estimate of drug-likeness (QED) is 0.382. The number of unbranched alkanes of at least 4 members (excludes halogenated alkanes) is 2. The van der Waals surface area contributed by atoms with Gasteiger partial charge in [0, 0.05) is 18.7 Å². The van der Waals surface area contributed by atoms with Crippen molar-refractivity contribution in [1.82, 2.24) is 4.90 Å². The summed E-state index contributed by atoms with van der Waals surface area (Å²) in [5.74, 6) is 0.845. The Morgan fingerprint density at radius 2 is 1.35 bits per heavy atom. The van der Waals surface area contributed by atoms with Gasteiger partial charge in [0.25, 0.3) is 5.91 Å². The fraction of sp³-hybridized carbons (Fsp3) is 0.696. The summed E-state index contributed by atoms with van der Waals surface area (Å²) in [5, 5.41) is 0. The first-order chi connectivity index (χ1) is 12.5. The molecule has 0 spiro atoms. The number of nitrogens with zero attached hydrogens (tertiary/aromatic N) is 1. The second-order valence-electron chi connectivity index (χ2n) is 7.55. The molecule has 0 aromatic heterocycles. The van der Waals surface area contributed by atoms with Crippen LogP contribution in [0.5, 0.6) is 0 Å². The second-order valence-corrected chi connectivity index (χ2v) is 7.55. The molecule has 0 saturated carbocycles. The minimum absolute atomic E-state index is 0.0508. The summed E-state index contributed by atoms with van der Waals surface area (Å²) in [6.07, 6.45) is 9.34. The zero-order chi connectivity index (χ0) is 19.4. The summed E-state index contributed by atoms with van der Waals surface area (Å²) in [4.78, 5) is 15.2. The number of benzene rings is 1. The zero-order valence-corrected chi connectivity index (χ0v) is 17.3. The van der Waals surface area contributed by atoms with Crippen molar-refractivity contribution in [2.24, 2.45) is 11.8 Å². The Kier molecular flexibility index (Phi) is 11.2. The Morgan fingerprint density at radius 1 is 0.885 bits per heavy atom. The van der Waals surface area contributed by atoms with Crippen LogP contribution in [0.25, 0.3) is 0 Å². The van der Waals surface area contributed by atoms with E-state index >= 15 is 0 Å². The van der Waals surface area contributed by atoms with Crippen LogP contribution >= 0.6 is 0 Å². The highest BCUT2D eigenvalue weighted by molar-refractivity contribution is 5.94. The van der Waals surface area contributed by atoms with Gasteiger partial charge < -0.3 is 4.90 Å².